The third-order valence-corrected chi connectivity index (χ3v) is 3.18. The molecule has 0 saturated heterocycles. The largest absolute Gasteiger partial charge is 0.399 e. The highest BCUT2D eigenvalue weighted by Crippen LogP contribution is 2.27. The van der Waals surface area contributed by atoms with Gasteiger partial charge in [0.2, 0.25) is 0 Å². The van der Waals surface area contributed by atoms with Crippen LogP contribution in [0.4, 0.5) is 5.69 Å². The summed E-state index contributed by atoms with van der Waals surface area (Å²) in [5, 5.41) is 2.42. The second-order valence-electron chi connectivity index (χ2n) is 4.52. The van der Waals surface area contributed by atoms with Crippen molar-refractivity contribution in [2.45, 2.75) is 6.92 Å². The standard InChI is InChI=1S/C16H14N2/c1-11-7-15(17)9-14-8-12(4-5-16(11)14)13-3-2-6-18-10-13/h2-10H,17H2,1H3. The molecule has 2 aromatic carbocycles. The van der Waals surface area contributed by atoms with Crippen LogP contribution in [0.2, 0.25) is 0 Å². The van der Waals surface area contributed by atoms with E-state index in [2.05, 4.69) is 36.2 Å². The Bertz CT molecular complexity index is 703. The first kappa shape index (κ1) is 10.8. The van der Waals surface area contributed by atoms with Crippen molar-refractivity contribution in [1.29, 1.82) is 0 Å². The Morgan fingerprint density at radius 2 is 1.89 bits per heavy atom. The number of aromatic nitrogens is 1. The number of hydrogen-bond acceptors (Lipinski definition) is 2. The first-order chi connectivity index (χ1) is 8.74. The van der Waals surface area contributed by atoms with E-state index >= 15 is 0 Å². The molecule has 0 saturated carbocycles. The van der Waals surface area contributed by atoms with Gasteiger partial charge in [-0.3, -0.25) is 4.98 Å². The van der Waals surface area contributed by atoms with Crippen LogP contribution in [0.1, 0.15) is 5.56 Å². The van der Waals surface area contributed by atoms with E-state index in [0.717, 1.165) is 11.3 Å². The molecule has 0 spiro atoms. The Labute approximate surface area is 106 Å². The van der Waals surface area contributed by atoms with Crippen molar-refractivity contribution in [2.24, 2.45) is 0 Å². The zero-order valence-electron chi connectivity index (χ0n) is 10.2. The summed E-state index contributed by atoms with van der Waals surface area (Å²) in [6, 6.07) is 14.5. The Balaban J connectivity index is 2.23. The van der Waals surface area contributed by atoms with E-state index in [1.54, 1.807) is 6.20 Å². The van der Waals surface area contributed by atoms with Crippen molar-refractivity contribution in [3.05, 3.63) is 60.4 Å². The fourth-order valence-corrected chi connectivity index (χ4v) is 2.30. The molecular weight excluding hydrogens is 220 g/mol. The molecule has 0 aliphatic rings. The second kappa shape index (κ2) is 4.15. The molecule has 1 heterocycles. The number of anilines is 1. The lowest BCUT2D eigenvalue weighted by atomic mass is 9.99. The summed E-state index contributed by atoms with van der Waals surface area (Å²) in [7, 11) is 0. The Kier molecular flexibility index (Phi) is 2.49. The van der Waals surface area contributed by atoms with Crippen LogP contribution in [-0.4, -0.2) is 4.98 Å². The third-order valence-electron chi connectivity index (χ3n) is 3.18. The van der Waals surface area contributed by atoms with Crippen LogP contribution < -0.4 is 5.73 Å². The van der Waals surface area contributed by atoms with Crippen molar-refractivity contribution in [3.63, 3.8) is 0 Å². The van der Waals surface area contributed by atoms with E-state index in [4.69, 9.17) is 5.73 Å². The lowest BCUT2D eigenvalue weighted by Gasteiger charge is -2.07. The quantitative estimate of drug-likeness (QED) is 0.650. The maximum atomic E-state index is 5.90. The predicted molar refractivity (Wildman–Crippen MR) is 76.3 cm³/mol. The Morgan fingerprint density at radius 3 is 2.67 bits per heavy atom. The van der Waals surface area contributed by atoms with Crippen molar-refractivity contribution in [3.8, 4) is 11.1 Å². The number of benzene rings is 2. The maximum Gasteiger partial charge on any atom is 0.0346 e. The molecule has 3 rings (SSSR count). The minimum absolute atomic E-state index is 0.809. The van der Waals surface area contributed by atoms with E-state index in [1.165, 1.54) is 21.9 Å². The van der Waals surface area contributed by atoms with E-state index in [-0.39, 0.29) is 0 Å². The van der Waals surface area contributed by atoms with Crippen LogP contribution >= 0.6 is 0 Å². The fraction of sp³-hybridized carbons (Fsp3) is 0.0625. The monoisotopic (exact) mass is 234 g/mol. The molecule has 0 unspecified atom stereocenters. The number of nitrogens with zero attached hydrogens (tertiary/aromatic N) is 1. The van der Waals surface area contributed by atoms with Crippen LogP contribution in [0.5, 0.6) is 0 Å². The summed E-state index contributed by atoms with van der Waals surface area (Å²) in [6.07, 6.45) is 3.66. The summed E-state index contributed by atoms with van der Waals surface area (Å²) < 4.78 is 0. The minimum Gasteiger partial charge on any atom is -0.399 e. The summed E-state index contributed by atoms with van der Waals surface area (Å²) in [4.78, 5) is 4.15. The summed E-state index contributed by atoms with van der Waals surface area (Å²) >= 11 is 0. The van der Waals surface area contributed by atoms with Crippen molar-refractivity contribution >= 4 is 16.5 Å². The molecular formula is C16H14N2. The topological polar surface area (TPSA) is 38.9 Å². The SMILES string of the molecule is Cc1cc(N)cc2cc(-c3cccnc3)ccc12. The number of nitrogen functional groups attached to an aromatic ring is 1. The number of aryl methyl sites for hydroxylation is 1. The van der Waals surface area contributed by atoms with Gasteiger partial charge in [0.25, 0.3) is 0 Å². The molecule has 2 N–H and O–H groups in total. The Morgan fingerprint density at radius 1 is 1.00 bits per heavy atom. The van der Waals surface area contributed by atoms with Crippen molar-refractivity contribution in [1.82, 2.24) is 4.98 Å². The fourth-order valence-electron chi connectivity index (χ4n) is 2.30. The normalized spacial score (nSPS) is 10.7. The smallest absolute Gasteiger partial charge is 0.0346 e. The zero-order valence-corrected chi connectivity index (χ0v) is 10.2. The number of pyridine rings is 1. The predicted octanol–water partition coefficient (Wildman–Crippen LogP) is 3.79. The highest BCUT2D eigenvalue weighted by Gasteiger charge is 2.02. The lowest BCUT2D eigenvalue weighted by molar-refractivity contribution is 1.33. The molecule has 0 amide bonds. The summed E-state index contributed by atoms with van der Waals surface area (Å²) in [6.45, 7) is 2.09. The van der Waals surface area contributed by atoms with Crippen molar-refractivity contribution < 1.29 is 0 Å². The summed E-state index contributed by atoms with van der Waals surface area (Å²) in [5.74, 6) is 0. The number of nitrogens with two attached hydrogens (primary N) is 1. The van der Waals surface area contributed by atoms with Crippen molar-refractivity contribution in [2.75, 3.05) is 5.73 Å². The average molecular weight is 234 g/mol. The number of rotatable bonds is 1. The van der Waals surface area contributed by atoms with E-state index in [9.17, 15) is 0 Å². The van der Waals surface area contributed by atoms with Gasteiger partial charge in [0.15, 0.2) is 0 Å². The minimum atomic E-state index is 0.809. The lowest BCUT2D eigenvalue weighted by Crippen LogP contribution is -1.88. The molecule has 0 aliphatic heterocycles. The van der Waals surface area contributed by atoms with Gasteiger partial charge in [-0.1, -0.05) is 18.2 Å². The molecule has 0 atom stereocenters. The first-order valence-electron chi connectivity index (χ1n) is 5.94. The highest BCUT2D eigenvalue weighted by molar-refractivity contribution is 5.91. The molecule has 2 nitrogen and oxygen atoms in total. The van der Waals surface area contributed by atoms with E-state index < -0.39 is 0 Å². The van der Waals surface area contributed by atoms with Crippen LogP contribution in [0.25, 0.3) is 21.9 Å². The van der Waals surface area contributed by atoms with Gasteiger partial charge in [-0.15, -0.1) is 0 Å². The molecule has 2 heteroatoms. The average Bonchev–Trinajstić information content (AvgIpc) is 2.39. The molecule has 88 valence electrons. The van der Waals surface area contributed by atoms with Gasteiger partial charge < -0.3 is 5.73 Å². The van der Waals surface area contributed by atoms with Gasteiger partial charge in [-0.2, -0.15) is 0 Å². The highest BCUT2D eigenvalue weighted by atomic mass is 14.6. The van der Waals surface area contributed by atoms with Gasteiger partial charge in [-0.25, -0.2) is 0 Å². The van der Waals surface area contributed by atoms with E-state index in [1.807, 2.05) is 24.4 Å². The van der Waals surface area contributed by atoms with Crippen LogP contribution in [-0.2, 0) is 0 Å². The second-order valence-corrected chi connectivity index (χ2v) is 4.52. The molecule has 0 radical (unpaired) electrons. The molecule has 0 bridgehead atoms. The summed E-state index contributed by atoms with van der Waals surface area (Å²) in [5.41, 5.74) is 10.2. The van der Waals surface area contributed by atoms with Gasteiger partial charge >= 0.3 is 0 Å². The molecule has 18 heavy (non-hydrogen) atoms. The van der Waals surface area contributed by atoms with E-state index in [0.29, 0.717) is 0 Å². The molecule has 0 aliphatic carbocycles. The molecule has 1 aromatic heterocycles. The van der Waals surface area contributed by atoms with Gasteiger partial charge in [-0.05, 0) is 53.1 Å². The van der Waals surface area contributed by atoms with Crippen LogP contribution in [0.15, 0.2) is 54.9 Å². The Hall–Kier alpha value is -2.35. The first-order valence-corrected chi connectivity index (χ1v) is 5.94. The maximum absolute atomic E-state index is 5.90. The van der Waals surface area contributed by atoms with Crippen LogP contribution in [0, 0.1) is 6.92 Å². The molecule has 3 aromatic rings. The number of fused-ring (bicyclic) bond motifs is 1. The van der Waals surface area contributed by atoms with Gasteiger partial charge in [0, 0.05) is 23.6 Å². The number of hydrogen-bond donors (Lipinski definition) is 1. The third kappa shape index (κ3) is 1.82. The van der Waals surface area contributed by atoms with Crippen LogP contribution in [0.3, 0.4) is 0 Å². The van der Waals surface area contributed by atoms with Gasteiger partial charge in [0.05, 0.1) is 0 Å². The zero-order chi connectivity index (χ0) is 12.5. The molecule has 0 fully saturated rings. The van der Waals surface area contributed by atoms with Gasteiger partial charge in [0.1, 0.15) is 0 Å².